The van der Waals surface area contributed by atoms with Crippen LogP contribution in [-0.4, -0.2) is 58.5 Å². The molecule has 2 aromatic heterocycles. The summed E-state index contributed by atoms with van der Waals surface area (Å²) in [6.45, 7) is 8.42. The number of halogens is 1. The number of nitrogens with zero attached hydrogens (tertiary/aromatic N) is 5. The standard InChI is InChI=1S/C31H33BrN6O3/c1-19-4-5-25-16-24(10-11-27(25)38(19)21(3)39)23-8-6-22(7-9-23)20(2)33-31(40)26-17-37-18-28(32)35-30(29(37)34-26)36-12-14-41-15-13-36/h6-11,16-20H,4-5,12-15H2,1-3H3,(H,33,40)/t19-,20+/m0/s1. The molecule has 0 spiro atoms. The first-order valence-electron chi connectivity index (χ1n) is 14.0. The highest BCUT2D eigenvalue weighted by Crippen LogP contribution is 2.34. The van der Waals surface area contributed by atoms with Gasteiger partial charge in [-0.15, -0.1) is 0 Å². The summed E-state index contributed by atoms with van der Waals surface area (Å²) in [7, 11) is 0. The van der Waals surface area contributed by atoms with Crippen molar-refractivity contribution in [1.82, 2.24) is 19.7 Å². The summed E-state index contributed by atoms with van der Waals surface area (Å²) in [5, 5.41) is 3.09. The number of morpholine rings is 1. The summed E-state index contributed by atoms with van der Waals surface area (Å²) in [5.41, 5.74) is 6.41. The lowest BCUT2D eigenvalue weighted by Crippen LogP contribution is -2.40. The SMILES string of the molecule is CC(=O)N1c2ccc(-c3ccc([C@@H](C)NC(=O)c4cn5cc(Br)nc(N6CCOCC6)c5n4)cc3)cc2CC[C@@H]1C. The lowest BCUT2D eigenvalue weighted by molar-refractivity contribution is -0.117. The minimum absolute atomic E-state index is 0.0808. The fourth-order valence-corrected chi connectivity index (χ4v) is 6.17. The number of benzene rings is 2. The van der Waals surface area contributed by atoms with Crippen molar-refractivity contribution < 1.29 is 14.3 Å². The maximum Gasteiger partial charge on any atom is 0.271 e. The predicted octanol–water partition coefficient (Wildman–Crippen LogP) is 5.17. The van der Waals surface area contributed by atoms with Crippen LogP contribution in [0.5, 0.6) is 0 Å². The molecule has 2 amide bonds. The van der Waals surface area contributed by atoms with Crippen molar-refractivity contribution >= 4 is 44.9 Å². The fourth-order valence-electron chi connectivity index (χ4n) is 5.78. The Morgan fingerprint density at radius 3 is 2.51 bits per heavy atom. The van der Waals surface area contributed by atoms with Gasteiger partial charge in [0.1, 0.15) is 10.3 Å². The van der Waals surface area contributed by atoms with Crippen LogP contribution in [0.25, 0.3) is 16.8 Å². The first-order chi connectivity index (χ1) is 19.8. The molecule has 2 atom stereocenters. The molecule has 2 aliphatic rings. The van der Waals surface area contributed by atoms with Crippen molar-refractivity contribution in [2.45, 2.75) is 45.7 Å². The number of carbonyl (C=O) groups excluding carboxylic acids is 2. The van der Waals surface area contributed by atoms with Crippen LogP contribution in [0.15, 0.2) is 59.5 Å². The van der Waals surface area contributed by atoms with Crippen LogP contribution >= 0.6 is 15.9 Å². The third kappa shape index (κ3) is 5.46. The molecule has 0 unspecified atom stereocenters. The Morgan fingerprint density at radius 1 is 1.05 bits per heavy atom. The number of hydrogen-bond donors (Lipinski definition) is 1. The summed E-state index contributed by atoms with van der Waals surface area (Å²) < 4.78 is 7.99. The Morgan fingerprint density at radius 2 is 1.78 bits per heavy atom. The highest BCUT2D eigenvalue weighted by atomic mass is 79.9. The van der Waals surface area contributed by atoms with Gasteiger partial charge in [0.15, 0.2) is 11.5 Å². The Bertz CT molecular complexity index is 1610. The van der Waals surface area contributed by atoms with Gasteiger partial charge < -0.3 is 24.3 Å². The largest absolute Gasteiger partial charge is 0.378 e. The average Bonchev–Trinajstić information content (AvgIpc) is 3.41. The van der Waals surface area contributed by atoms with Crippen LogP contribution in [-0.2, 0) is 16.0 Å². The molecule has 0 radical (unpaired) electrons. The number of aryl methyl sites for hydroxylation is 1. The molecule has 0 aliphatic carbocycles. The topological polar surface area (TPSA) is 92.1 Å². The van der Waals surface area contributed by atoms with Crippen LogP contribution in [0.2, 0.25) is 0 Å². The number of amides is 2. The van der Waals surface area contributed by atoms with Crippen molar-refractivity contribution in [1.29, 1.82) is 0 Å². The lowest BCUT2D eigenvalue weighted by atomic mass is 9.92. The maximum atomic E-state index is 13.2. The van der Waals surface area contributed by atoms with Crippen LogP contribution in [0.3, 0.4) is 0 Å². The molecule has 2 aromatic carbocycles. The van der Waals surface area contributed by atoms with Crippen LogP contribution in [0, 0.1) is 0 Å². The monoisotopic (exact) mass is 616 g/mol. The minimum Gasteiger partial charge on any atom is -0.378 e. The van der Waals surface area contributed by atoms with Crippen molar-refractivity contribution in [3.8, 4) is 11.1 Å². The maximum absolute atomic E-state index is 13.2. The molecular formula is C31H33BrN6O3. The zero-order valence-corrected chi connectivity index (χ0v) is 25.0. The van der Waals surface area contributed by atoms with Crippen molar-refractivity contribution in [2.24, 2.45) is 0 Å². The average molecular weight is 618 g/mol. The summed E-state index contributed by atoms with van der Waals surface area (Å²) in [6, 6.07) is 14.6. The van der Waals surface area contributed by atoms with Gasteiger partial charge in [-0.25, -0.2) is 9.97 Å². The van der Waals surface area contributed by atoms with E-state index in [-0.39, 0.29) is 23.9 Å². The third-order valence-corrected chi connectivity index (χ3v) is 8.36. The van der Waals surface area contributed by atoms with E-state index in [9.17, 15) is 9.59 Å². The van der Waals surface area contributed by atoms with E-state index in [0.717, 1.165) is 54.1 Å². The van der Waals surface area contributed by atoms with Gasteiger partial charge in [0.05, 0.1) is 19.3 Å². The highest BCUT2D eigenvalue weighted by molar-refractivity contribution is 9.10. The van der Waals surface area contributed by atoms with Gasteiger partial charge in [-0.2, -0.15) is 0 Å². The molecule has 0 bridgehead atoms. The van der Waals surface area contributed by atoms with Gasteiger partial charge in [-0.3, -0.25) is 9.59 Å². The number of imidazole rings is 1. The Balaban J connectivity index is 1.17. The number of anilines is 2. The van der Waals surface area contributed by atoms with Gasteiger partial charge >= 0.3 is 0 Å². The van der Waals surface area contributed by atoms with Crippen molar-refractivity contribution in [3.63, 3.8) is 0 Å². The third-order valence-electron chi connectivity index (χ3n) is 7.98. The molecule has 6 rings (SSSR count). The summed E-state index contributed by atoms with van der Waals surface area (Å²) in [6.07, 6.45) is 5.46. The molecule has 41 heavy (non-hydrogen) atoms. The second-order valence-electron chi connectivity index (χ2n) is 10.8. The van der Waals surface area contributed by atoms with E-state index in [0.29, 0.717) is 29.2 Å². The van der Waals surface area contributed by atoms with Crippen LogP contribution in [0.4, 0.5) is 11.5 Å². The first kappa shape index (κ1) is 27.4. The van der Waals surface area contributed by atoms with E-state index in [2.05, 4.69) is 73.4 Å². The first-order valence-corrected chi connectivity index (χ1v) is 14.8. The number of rotatable bonds is 5. The summed E-state index contributed by atoms with van der Waals surface area (Å²) in [4.78, 5) is 38.7. The molecule has 1 N–H and O–H groups in total. The highest BCUT2D eigenvalue weighted by Gasteiger charge is 2.26. The minimum atomic E-state index is -0.242. The van der Waals surface area contributed by atoms with Crippen LogP contribution in [0.1, 0.15) is 54.8 Å². The Kier molecular flexibility index (Phi) is 7.52. The molecule has 2 aliphatic heterocycles. The van der Waals surface area contributed by atoms with Crippen LogP contribution < -0.4 is 15.1 Å². The van der Waals surface area contributed by atoms with Crippen molar-refractivity contribution in [2.75, 3.05) is 36.1 Å². The van der Waals surface area contributed by atoms with Crippen molar-refractivity contribution in [3.05, 3.63) is 76.3 Å². The number of fused-ring (bicyclic) bond motifs is 2. The van der Waals surface area contributed by atoms with Gasteiger partial charge in [0.2, 0.25) is 5.91 Å². The van der Waals surface area contributed by atoms with E-state index in [1.54, 1.807) is 13.1 Å². The van der Waals surface area contributed by atoms with E-state index in [4.69, 9.17) is 4.74 Å². The van der Waals surface area contributed by atoms with E-state index in [1.165, 1.54) is 5.56 Å². The molecule has 10 heteroatoms. The zero-order valence-electron chi connectivity index (χ0n) is 23.4. The number of aromatic nitrogens is 3. The molecule has 9 nitrogen and oxygen atoms in total. The number of carbonyl (C=O) groups is 2. The van der Waals surface area contributed by atoms with Gasteiger partial charge in [0.25, 0.3) is 5.91 Å². The number of hydrogen-bond acceptors (Lipinski definition) is 6. The van der Waals surface area contributed by atoms with Gasteiger partial charge in [-0.05, 0) is 77.0 Å². The Labute approximate surface area is 247 Å². The fraction of sp³-hybridized carbons (Fsp3) is 0.355. The smallest absolute Gasteiger partial charge is 0.271 e. The molecule has 4 heterocycles. The lowest BCUT2D eigenvalue weighted by Gasteiger charge is -2.34. The molecular weight excluding hydrogens is 584 g/mol. The second kappa shape index (κ2) is 11.3. The second-order valence-corrected chi connectivity index (χ2v) is 11.6. The van der Waals surface area contributed by atoms with Gasteiger partial charge in [0, 0.05) is 44.1 Å². The number of nitrogens with one attached hydrogen (secondary N) is 1. The van der Waals surface area contributed by atoms with E-state index >= 15 is 0 Å². The normalized spacial score (nSPS) is 17.8. The van der Waals surface area contributed by atoms with Gasteiger partial charge in [-0.1, -0.05) is 30.3 Å². The molecule has 212 valence electrons. The van der Waals surface area contributed by atoms with E-state index in [1.807, 2.05) is 34.6 Å². The number of ether oxygens (including phenoxy) is 1. The van der Waals surface area contributed by atoms with E-state index < -0.39 is 0 Å². The molecule has 1 saturated heterocycles. The predicted molar refractivity (Wildman–Crippen MR) is 162 cm³/mol. The zero-order chi connectivity index (χ0) is 28.7. The molecule has 4 aromatic rings. The quantitative estimate of drug-likeness (QED) is 0.332. The Hall–Kier alpha value is -3.76. The summed E-state index contributed by atoms with van der Waals surface area (Å²) in [5.74, 6) is 0.571. The summed E-state index contributed by atoms with van der Waals surface area (Å²) >= 11 is 3.48. The molecule has 0 saturated carbocycles. The molecule has 1 fully saturated rings.